The normalized spacial score (nSPS) is 11.4. The van der Waals surface area contributed by atoms with Crippen molar-refractivity contribution in [3.63, 3.8) is 0 Å². The third-order valence-corrected chi connectivity index (χ3v) is 7.33. The van der Waals surface area contributed by atoms with Gasteiger partial charge < -0.3 is 10.6 Å². The fraction of sp³-hybridized carbons (Fsp3) is 0.182. The van der Waals surface area contributed by atoms with Crippen molar-refractivity contribution in [1.29, 1.82) is 0 Å². The second-order valence-corrected chi connectivity index (χ2v) is 9.98. The molecular weight excluding hydrogens is 513 g/mol. The van der Waals surface area contributed by atoms with Gasteiger partial charge in [-0.3, -0.25) is 9.52 Å². The monoisotopic (exact) mass is 533 g/mol. The summed E-state index contributed by atoms with van der Waals surface area (Å²) in [6, 6.07) is 11.2. The Balaban J connectivity index is 1.54. The van der Waals surface area contributed by atoms with Crippen LogP contribution in [-0.4, -0.2) is 47.2 Å². The van der Waals surface area contributed by atoms with Gasteiger partial charge in [-0.05, 0) is 24.3 Å². The number of fused-ring (bicyclic) bond motifs is 1. The molecule has 182 valence electrons. The summed E-state index contributed by atoms with van der Waals surface area (Å²) in [5.41, 5.74) is 2.39. The van der Waals surface area contributed by atoms with Crippen LogP contribution in [0, 0.1) is 0 Å². The highest BCUT2D eigenvalue weighted by Crippen LogP contribution is 2.31. The molecule has 0 spiro atoms. The van der Waals surface area contributed by atoms with Gasteiger partial charge in [-0.1, -0.05) is 41.4 Å². The standard InChI is InChI=1S/C22H21Cl2N7O3S/c1-13(32)25-10-11-26-22-27-12-16-20(29-31(2)21(16)28-22)14-6-8-15(9-7-14)30-35(33,34)18-5-3-4-17(23)19(18)24/h3-9,12,30H,10-11H2,1-2H3,(H,25,32)(H,26,27,28). The van der Waals surface area contributed by atoms with Gasteiger partial charge >= 0.3 is 0 Å². The summed E-state index contributed by atoms with van der Waals surface area (Å²) in [4.78, 5) is 19.7. The zero-order valence-corrected chi connectivity index (χ0v) is 21.0. The Kier molecular flexibility index (Phi) is 7.10. The van der Waals surface area contributed by atoms with E-state index in [9.17, 15) is 13.2 Å². The van der Waals surface area contributed by atoms with Gasteiger partial charge in [0.05, 0.1) is 15.4 Å². The molecule has 35 heavy (non-hydrogen) atoms. The van der Waals surface area contributed by atoms with Crippen LogP contribution in [0.5, 0.6) is 0 Å². The minimum absolute atomic E-state index is 0.0396. The smallest absolute Gasteiger partial charge is 0.263 e. The van der Waals surface area contributed by atoms with E-state index in [0.29, 0.717) is 36.1 Å². The number of anilines is 2. The van der Waals surface area contributed by atoms with E-state index in [2.05, 4.69) is 30.4 Å². The van der Waals surface area contributed by atoms with Gasteiger partial charge in [0.25, 0.3) is 10.0 Å². The van der Waals surface area contributed by atoms with Crippen molar-refractivity contribution >= 4 is 61.8 Å². The molecule has 10 nitrogen and oxygen atoms in total. The van der Waals surface area contributed by atoms with Crippen LogP contribution in [0.3, 0.4) is 0 Å². The Morgan fingerprint density at radius 2 is 1.83 bits per heavy atom. The molecular formula is C22H21Cl2N7O3S. The molecule has 2 heterocycles. The molecule has 0 saturated carbocycles. The number of nitrogens with one attached hydrogen (secondary N) is 3. The Morgan fingerprint density at radius 1 is 1.09 bits per heavy atom. The van der Waals surface area contributed by atoms with E-state index < -0.39 is 10.0 Å². The molecule has 2 aromatic carbocycles. The summed E-state index contributed by atoms with van der Waals surface area (Å²) < 4.78 is 29.7. The number of aromatic nitrogens is 4. The first kappa shape index (κ1) is 24.7. The lowest BCUT2D eigenvalue weighted by Crippen LogP contribution is -2.26. The minimum Gasteiger partial charge on any atom is -0.355 e. The average Bonchev–Trinajstić information content (AvgIpc) is 3.14. The predicted octanol–water partition coefficient (Wildman–Crippen LogP) is 3.69. The summed E-state index contributed by atoms with van der Waals surface area (Å²) >= 11 is 12.0. The number of nitrogens with zero attached hydrogens (tertiary/aromatic N) is 4. The van der Waals surface area contributed by atoms with Crippen molar-refractivity contribution in [3.05, 3.63) is 58.7 Å². The number of sulfonamides is 1. The topological polar surface area (TPSA) is 131 Å². The number of amides is 1. The number of aryl methyl sites for hydroxylation is 1. The highest BCUT2D eigenvalue weighted by atomic mass is 35.5. The van der Waals surface area contributed by atoms with Crippen molar-refractivity contribution in [2.45, 2.75) is 11.8 Å². The number of hydrogen-bond donors (Lipinski definition) is 3. The van der Waals surface area contributed by atoms with Gasteiger partial charge in [-0.2, -0.15) is 10.1 Å². The Bertz CT molecular complexity index is 1510. The van der Waals surface area contributed by atoms with Gasteiger partial charge in [0.2, 0.25) is 11.9 Å². The lowest BCUT2D eigenvalue weighted by Gasteiger charge is -2.10. The van der Waals surface area contributed by atoms with E-state index in [0.717, 1.165) is 10.9 Å². The average molecular weight is 534 g/mol. The van der Waals surface area contributed by atoms with Gasteiger partial charge in [-0.15, -0.1) is 0 Å². The zero-order valence-electron chi connectivity index (χ0n) is 18.7. The number of carbonyl (C=O) groups is 1. The lowest BCUT2D eigenvalue weighted by molar-refractivity contribution is -0.118. The molecule has 13 heteroatoms. The number of hydrogen-bond acceptors (Lipinski definition) is 7. The first-order chi connectivity index (χ1) is 16.7. The number of rotatable bonds is 8. The SMILES string of the molecule is CC(=O)NCCNc1ncc2c(-c3ccc(NS(=O)(=O)c4cccc(Cl)c4Cl)cc3)nn(C)c2n1. The highest BCUT2D eigenvalue weighted by molar-refractivity contribution is 7.92. The zero-order chi connectivity index (χ0) is 25.2. The molecule has 0 fully saturated rings. The molecule has 0 aliphatic heterocycles. The van der Waals surface area contributed by atoms with Gasteiger partial charge in [0, 0.05) is 44.5 Å². The number of benzene rings is 2. The molecule has 0 aliphatic rings. The fourth-order valence-corrected chi connectivity index (χ4v) is 5.17. The van der Waals surface area contributed by atoms with Crippen LogP contribution in [0.25, 0.3) is 22.3 Å². The highest BCUT2D eigenvalue weighted by Gasteiger charge is 2.20. The van der Waals surface area contributed by atoms with Crippen molar-refractivity contribution < 1.29 is 13.2 Å². The van der Waals surface area contributed by atoms with Crippen LogP contribution in [0.2, 0.25) is 10.0 Å². The Hall–Kier alpha value is -3.41. The quantitative estimate of drug-likeness (QED) is 0.294. The molecule has 0 unspecified atom stereocenters. The maximum Gasteiger partial charge on any atom is 0.263 e. The van der Waals surface area contributed by atoms with Crippen molar-refractivity contribution in [1.82, 2.24) is 25.1 Å². The van der Waals surface area contributed by atoms with E-state index in [-0.39, 0.29) is 20.8 Å². The maximum atomic E-state index is 12.8. The van der Waals surface area contributed by atoms with E-state index in [1.165, 1.54) is 25.1 Å². The first-order valence-electron chi connectivity index (χ1n) is 10.4. The molecule has 0 radical (unpaired) electrons. The second kappa shape index (κ2) is 10.1. The Labute approximate surface area is 211 Å². The maximum absolute atomic E-state index is 12.8. The molecule has 3 N–H and O–H groups in total. The van der Waals surface area contributed by atoms with Crippen LogP contribution in [-0.2, 0) is 21.9 Å². The summed E-state index contributed by atoms with van der Waals surface area (Å²) in [7, 11) is -2.16. The van der Waals surface area contributed by atoms with E-state index in [1.54, 1.807) is 42.2 Å². The molecule has 0 bridgehead atoms. The van der Waals surface area contributed by atoms with E-state index in [1.807, 2.05) is 0 Å². The number of carbonyl (C=O) groups excluding carboxylic acids is 1. The van der Waals surface area contributed by atoms with Crippen LogP contribution in [0.1, 0.15) is 6.92 Å². The van der Waals surface area contributed by atoms with Gasteiger partial charge in [-0.25, -0.2) is 18.1 Å². The predicted molar refractivity (Wildman–Crippen MR) is 136 cm³/mol. The van der Waals surface area contributed by atoms with E-state index >= 15 is 0 Å². The number of halogens is 2. The van der Waals surface area contributed by atoms with E-state index in [4.69, 9.17) is 23.2 Å². The van der Waals surface area contributed by atoms with Crippen LogP contribution in [0.4, 0.5) is 11.6 Å². The third kappa shape index (κ3) is 5.47. The summed E-state index contributed by atoms with van der Waals surface area (Å²) in [5.74, 6) is 0.313. The molecule has 4 aromatic rings. The van der Waals surface area contributed by atoms with Crippen LogP contribution >= 0.6 is 23.2 Å². The van der Waals surface area contributed by atoms with Crippen LogP contribution in [0.15, 0.2) is 53.6 Å². The fourth-order valence-electron chi connectivity index (χ4n) is 3.35. The second-order valence-electron chi connectivity index (χ2n) is 7.55. The van der Waals surface area contributed by atoms with Gasteiger partial charge in [0.1, 0.15) is 10.6 Å². The van der Waals surface area contributed by atoms with Crippen molar-refractivity contribution in [2.24, 2.45) is 7.05 Å². The third-order valence-electron chi connectivity index (χ3n) is 4.98. The summed E-state index contributed by atoms with van der Waals surface area (Å²) in [6.45, 7) is 2.39. The van der Waals surface area contributed by atoms with Crippen molar-refractivity contribution in [2.75, 3.05) is 23.1 Å². The minimum atomic E-state index is -3.93. The summed E-state index contributed by atoms with van der Waals surface area (Å²) in [6.07, 6.45) is 1.67. The van der Waals surface area contributed by atoms with Gasteiger partial charge in [0.15, 0.2) is 5.65 Å². The van der Waals surface area contributed by atoms with Crippen LogP contribution < -0.4 is 15.4 Å². The largest absolute Gasteiger partial charge is 0.355 e. The molecule has 0 saturated heterocycles. The molecule has 0 aliphatic carbocycles. The molecule has 0 atom stereocenters. The molecule has 4 rings (SSSR count). The Morgan fingerprint density at radius 3 is 2.54 bits per heavy atom. The first-order valence-corrected chi connectivity index (χ1v) is 12.6. The molecule has 2 aromatic heterocycles. The lowest BCUT2D eigenvalue weighted by atomic mass is 10.1. The van der Waals surface area contributed by atoms with Crippen molar-refractivity contribution in [3.8, 4) is 11.3 Å². The molecule has 1 amide bonds. The summed E-state index contributed by atoms with van der Waals surface area (Å²) in [5, 5.41) is 11.2.